The fourth-order valence-corrected chi connectivity index (χ4v) is 3.88. The highest BCUT2D eigenvalue weighted by molar-refractivity contribution is 7.13. The number of halogens is 1. The maximum atomic E-state index is 13.7. The summed E-state index contributed by atoms with van der Waals surface area (Å²) in [5.41, 5.74) is 0.526. The van der Waals surface area contributed by atoms with Crippen LogP contribution in [0.3, 0.4) is 0 Å². The van der Waals surface area contributed by atoms with E-state index in [1.165, 1.54) is 28.2 Å². The number of carbonyl (C=O) groups is 1. The molecule has 0 spiro atoms. The topological polar surface area (TPSA) is 71.8 Å². The second-order valence-corrected chi connectivity index (χ2v) is 7.63. The number of aromatic nitrogens is 3. The molecule has 3 heterocycles. The third-order valence-corrected chi connectivity index (χ3v) is 5.61. The molecule has 140 valence electrons. The first-order valence-corrected chi connectivity index (χ1v) is 9.78. The van der Waals surface area contributed by atoms with Crippen LogP contribution < -0.4 is 10.6 Å². The number of hydrogen-bond donors (Lipinski definition) is 2. The molecule has 0 aliphatic carbocycles. The number of piperidine rings is 1. The van der Waals surface area contributed by atoms with E-state index in [1.807, 2.05) is 17.5 Å². The van der Waals surface area contributed by atoms with Gasteiger partial charge in [-0.25, -0.2) is 14.1 Å². The lowest BCUT2D eigenvalue weighted by molar-refractivity contribution is 0.0904. The maximum Gasteiger partial charge on any atom is 0.291 e. The minimum absolute atomic E-state index is 0.0394. The number of benzene rings is 1. The highest BCUT2D eigenvalue weighted by atomic mass is 32.1. The van der Waals surface area contributed by atoms with Gasteiger partial charge in [0.2, 0.25) is 5.82 Å². The molecule has 2 N–H and O–H groups in total. The van der Waals surface area contributed by atoms with Crippen molar-refractivity contribution in [3.63, 3.8) is 0 Å². The van der Waals surface area contributed by atoms with Crippen LogP contribution >= 0.6 is 11.3 Å². The van der Waals surface area contributed by atoms with E-state index in [0.717, 1.165) is 24.4 Å². The number of hydrogen-bond acceptors (Lipinski definition) is 5. The van der Waals surface area contributed by atoms with Gasteiger partial charge in [-0.05, 0) is 48.5 Å². The van der Waals surface area contributed by atoms with Gasteiger partial charge in [-0.3, -0.25) is 4.79 Å². The van der Waals surface area contributed by atoms with E-state index in [4.69, 9.17) is 0 Å². The molecule has 1 amide bonds. The number of nitrogens with zero attached hydrogens (tertiary/aromatic N) is 3. The van der Waals surface area contributed by atoms with Gasteiger partial charge in [-0.2, -0.15) is 0 Å². The number of carbonyl (C=O) groups excluding carboxylic acids is 1. The lowest BCUT2D eigenvalue weighted by Crippen LogP contribution is -2.50. The van der Waals surface area contributed by atoms with Gasteiger partial charge >= 0.3 is 0 Å². The average molecular weight is 385 g/mol. The van der Waals surface area contributed by atoms with Crippen LogP contribution in [0.15, 0.2) is 41.8 Å². The predicted octanol–water partition coefficient (Wildman–Crippen LogP) is 2.86. The van der Waals surface area contributed by atoms with Gasteiger partial charge in [0.1, 0.15) is 5.82 Å². The minimum Gasteiger partial charge on any atom is -0.345 e. The first-order valence-electron chi connectivity index (χ1n) is 8.90. The number of thiophene rings is 1. The van der Waals surface area contributed by atoms with Crippen LogP contribution in [-0.4, -0.2) is 39.8 Å². The van der Waals surface area contributed by atoms with Crippen LogP contribution in [0, 0.1) is 11.7 Å². The molecular weight excluding hydrogens is 365 g/mol. The van der Waals surface area contributed by atoms with E-state index in [1.54, 1.807) is 12.1 Å². The predicted molar refractivity (Wildman–Crippen MR) is 103 cm³/mol. The molecule has 0 saturated carbocycles. The van der Waals surface area contributed by atoms with E-state index in [9.17, 15) is 9.18 Å². The molecule has 1 aliphatic heterocycles. The highest BCUT2D eigenvalue weighted by Crippen LogP contribution is 2.26. The quantitative estimate of drug-likeness (QED) is 0.724. The van der Waals surface area contributed by atoms with Crippen LogP contribution in [0.1, 0.15) is 24.0 Å². The minimum atomic E-state index is -0.367. The van der Waals surface area contributed by atoms with Crippen molar-refractivity contribution in [1.29, 1.82) is 0 Å². The zero-order chi connectivity index (χ0) is 18.8. The van der Waals surface area contributed by atoms with Gasteiger partial charge in [0, 0.05) is 12.6 Å². The van der Waals surface area contributed by atoms with Gasteiger partial charge in [-0.1, -0.05) is 19.1 Å². The van der Waals surface area contributed by atoms with Crippen LogP contribution in [0.4, 0.5) is 4.39 Å². The summed E-state index contributed by atoms with van der Waals surface area (Å²) in [5, 5.41) is 12.6. The summed E-state index contributed by atoms with van der Waals surface area (Å²) in [7, 11) is 0. The highest BCUT2D eigenvalue weighted by Gasteiger charge is 2.26. The zero-order valence-electron chi connectivity index (χ0n) is 14.9. The van der Waals surface area contributed by atoms with Crippen molar-refractivity contribution in [2.24, 2.45) is 5.92 Å². The Kier molecular flexibility index (Phi) is 5.00. The maximum absolute atomic E-state index is 13.7. The molecule has 2 aromatic heterocycles. The van der Waals surface area contributed by atoms with Crippen molar-refractivity contribution in [2.75, 3.05) is 13.1 Å². The Hall–Kier alpha value is -2.58. The lowest BCUT2D eigenvalue weighted by Gasteiger charge is -2.29. The number of amides is 1. The molecule has 4 rings (SSSR count). The van der Waals surface area contributed by atoms with Gasteiger partial charge in [0.05, 0.1) is 10.6 Å². The summed E-state index contributed by atoms with van der Waals surface area (Å²) in [6, 6.07) is 9.94. The molecule has 8 heteroatoms. The van der Waals surface area contributed by atoms with Crippen molar-refractivity contribution in [3.8, 4) is 16.4 Å². The third kappa shape index (κ3) is 3.77. The molecule has 1 saturated heterocycles. The van der Waals surface area contributed by atoms with Crippen molar-refractivity contribution in [1.82, 2.24) is 25.4 Å². The van der Waals surface area contributed by atoms with Crippen molar-refractivity contribution in [2.45, 2.75) is 19.4 Å². The first-order chi connectivity index (χ1) is 13.1. The summed E-state index contributed by atoms with van der Waals surface area (Å²) in [4.78, 5) is 18.1. The Labute approximate surface area is 160 Å². The average Bonchev–Trinajstić information content (AvgIpc) is 3.33. The summed E-state index contributed by atoms with van der Waals surface area (Å²) < 4.78 is 15.2. The van der Waals surface area contributed by atoms with Gasteiger partial charge in [0.25, 0.3) is 5.91 Å². The SMILES string of the molecule is CC1CCNCC1NC(=O)c1nc(-c2cccs2)n(-c2cccc(F)c2)n1. The molecular formula is C19H20FN5OS. The lowest BCUT2D eigenvalue weighted by atomic mass is 9.95. The number of nitrogens with one attached hydrogen (secondary N) is 2. The summed E-state index contributed by atoms with van der Waals surface area (Å²) in [6.45, 7) is 3.82. The summed E-state index contributed by atoms with van der Waals surface area (Å²) >= 11 is 1.49. The molecule has 1 aromatic carbocycles. The van der Waals surface area contributed by atoms with Crippen LogP contribution in [-0.2, 0) is 0 Å². The van der Waals surface area contributed by atoms with E-state index in [-0.39, 0.29) is 23.6 Å². The normalized spacial score (nSPS) is 19.8. The largest absolute Gasteiger partial charge is 0.345 e. The molecule has 0 radical (unpaired) electrons. The molecule has 0 bridgehead atoms. The molecule has 3 aromatic rings. The van der Waals surface area contributed by atoms with Crippen LogP contribution in [0.5, 0.6) is 0 Å². The fourth-order valence-electron chi connectivity index (χ4n) is 3.18. The van der Waals surface area contributed by atoms with Gasteiger partial charge in [-0.15, -0.1) is 16.4 Å². The Morgan fingerprint density at radius 1 is 1.37 bits per heavy atom. The van der Waals surface area contributed by atoms with E-state index in [0.29, 0.717) is 17.4 Å². The molecule has 6 nitrogen and oxygen atoms in total. The molecule has 1 aliphatic rings. The van der Waals surface area contributed by atoms with Gasteiger partial charge < -0.3 is 10.6 Å². The van der Waals surface area contributed by atoms with Crippen molar-refractivity contribution < 1.29 is 9.18 Å². The van der Waals surface area contributed by atoms with Crippen LogP contribution in [0.25, 0.3) is 16.4 Å². The second-order valence-electron chi connectivity index (χ2n) is 6.68. The van der Waals surface area contributed by atoms with E-state index >= 15 is 0 Å². The van der Waals surface area contributed by atoms with Crippen molar-refractivity contribution in [3.05, 3.63) is 53.4 Å². The van der Waals surface area contributed by atoms with Crippen molar-refractivity contribution >= 4 is 17.2 Å². The number of rotatable bonds is 4. The third-order valence-electron chi connectivity index (χ3n) is 4.75. The Bertz CT molecular complexity index is 939. The van der Waals surface area contributed by atoms with Crippen LogP contribution in [0.2, 0.25) is 0 Å². The zero-order valence-corrected chi connectivity index (χ0v) is 15.7. The summed E-state index contributed by atoms with van der Waals surface area (Å²) in [5.74, 6) is 0.310. The first kappa shape index (κ1) is 17.8. The fraction of sp³-hybridized carbons (Fsp3) is 0.316. The van der Waals surface area contributed by atoms with Gasteiger partial charge in [0.15, 0.2) is 5.82 Å². The Morgan fingerprint density at radius 3 is 3.00 bits per heavy atom. The monoisotopic (exact) mass is 385 g/mol. The molecule has 2 unspecified atom stereocenters. The van der Waals surface area contributed by atoms with E-state index in [2.05, 4.69) is 27.6 Å². The Balaban J connectivity index is 1.68. The summed E-state index contributed by atoms with van der Waals surface area (Å²) in [6.07, 6.45) is 1.01. The Morgan fingerprint density at radius 2 is 2.26 bits per heavy atom. The second kappa shape index (κ2) is 7.58. The molecule has 27 heavy (non-hydrogen) atoms. The molecule has 2 atom stereocenters. The smallest absolute Gasteiger partial charge is 0.291 e. The standard InChI is InChI=1S/C19H20FN5OS/c1-12-7-8-21-11-15(12)22-19(26)17-23-18(16-6-3-9-27-16)25(24-17)14-5-2-4-13(20)10-14/h2-6,9-10,12,15,21H,7-8,11H2,1H3,(H,22,26). The van der Waals surface area contributed by atoms with E-state index < -0.39 is 0 Å². The molecule has 1 fully saturated rings.